The van der Waals surface area contributed by atoms with E-state index in [4.69, 9.17) is 4.98 Å². The molecular formula is C15H23N3. The van der Waals surface area contributed by atoms with Gasteiger partial charge in [0.2, 0.25) is 0 Å². The Morgan fingerprint density at radius 2 is 2.06 bits per heavy atom. The number of nitrogens with one attached hydrogen (secondary N) is 1. The Balaban J connectivity index is 2.34. The number of aryl methyl sites for hydroxylation is 2. The van der Waals surface area contributed by atoms with Crippen molar-refractivity contribution in [2.45, 2.75) is 40.2 Å². The average Bonchev–Trinajstić information content (AvgIpc) is 2.75. The number of fused-ring (bicyclic) bond motifs is 1. The molecule has 0 bridgehead atoms. The lowest BCUT2D eigenvalue weighted by Gasteiger charge is -2.06. The zero-order chi connectivity index (χ0) is 13.0. The number of imidazole rings is 1. The van der Waals surface area contributed by atoms with Crippen LogP contribution in [0.2, 0.25) is 0 Å². The highest BCUT2D eigenvalue weighted by atomic mass is 15.1. The summed E-state index contributed by atoms with van der Waals surface area (Å²) in [5.41, 5.74) is 3.77. The highest BCUT2D eigenvalue weighted by Gasteiger charge is 2.09. The van der Waals surface area contributed by atoms with Crippen molar-refractivity contribution in [1.82, 2.24) is 14.9 Å². The first kappa shape index (κ1) is 13.1. The molecule has 2 aromatic rings. The van der Waals surface area contributed by atoms with Gasteiger partial charge in [0, 0.05) is 19.5 Å². The monoisotopic (exact) mass is 245 g/mol. The van der Waals surface area contributed by atoms with Crippen molar-refractivity contribution in [1.29, 1.82) is 0 Å². The fourth-order valence-electron chi connectivity index (χ4n) is 2.37. The first-order chi connectivity index (χ1) is 8.80. The van der Waals surface area contributed by atoms with Crippen molar-refractivity contribution in [3.8, 4) is 0 Å². The quantitative estimate of drug-likeness (QED) is 0.793. The molecule has 2 rings (SSSR count). The van der Waals surface area contributed by atoms with Crippen LogP contribution in [0.25, 0.3) is 11.0 Å². The second kappa shape index (κ2) is 6.01. The van der Waals surface area contributed by atoms with E-state index in [0.29, 0.717) is 0 Å². The molecule has 0 saturated heterocycles. The third-order valence-electron chi connectivity index (χ3n) is 3.39. The third kappa shape index (κ3) is 2.56. The SMILES string of the molecule is CCNCCc1nc2cc(CC)ccc2n1CC. The Labute approximate surface area is 109 Å². The summed E-state index contributed by atoms with van der Waals surface area (Å²) in [7, 11) is 0. The Morgan fingerprint density at radius 3 is 2.72 bits per heavy atom. The minimum absolute atomic E-state index is 0.990. The van der Waals surface area contributed by atoms with Crippen molar-refractivity contribution in [2.75, 3.05) is 13.1 Å². The molecule has 0 fully saturated rings. The zero-order valence-corrected chi connectivity index (χ0v) is 11.7. The molecule has 0 aliphatic rings. The molecule has 0 atom stereocenters. The van der Waals surface area contributed by atoms with Crippen LogP contribution in [-0.4, -0.2) is 22.6 Å². The van der Waals surface area contributed by atoms with E-state index >= 15 is 0 Å². The molecule has 0 radical (unpaired) electrons. The lowest BCUT2D eigenvalue weighted by molar-refractivity contribution is 0.655. The van der Waals surface area contributed by atoms with Gasteiger partial charge in [-0.15, -0.1) is 0 Å². The predicted molar refractivity (Wildman–Crippen MR) is 77.0 cm³/mol. The van der Waals surface area contributed by atoms with Crippen LogP contribution in [0.5, 0.6) is 0 Å². The van der Waals surface area contributed by atoms with Crippen LogP contribution in [0, 0.1) is 0 Å². The van der Waals surface area contributed by atoms with E-state index < -0.39 is 0 Å². The number of nitrogens with zero attached hydrogens (tertiary/aromatic N) is 2. The number of aromatic nitrogens is 2. The molecule has 1 N–H and O–H groups in total. The van der Waals surface area contributed by atoms with Gasteiger partial charge in [-0.3, -0.25) is 0 Å². The zero-order valence-electron chi connectivity index (χ0n) is 11.7. The summed E-state index contributed by atoms with van der Waals surface area (Å²) < 4.78 is 2.33. The van der Waals surface area contributed by atoms with Crippen molar-refractivity contribution in [2.24, 2.45) is 0 Å². The van der Waals surface area contributed by atoms with Crippen LogP contribution in [0.1, 0.15) is 32.2 Å². The maximum Gasteiger partial charge on any atom is 0.111 e. The van der Waals surface area contributed by atoms with Gasteiger partial charge in [0.1, 0.15) is 5.82 Å². The Morgan fingerprint density at radius 1 is 1.22 bits per heavy atom. The van der Waals surface area contributed by atoms with E-state index in [2.05, 4.69) is 48.9 Å². The minimum Gasteiger partial charge on any atom is -0.328 e. The van der Waals surface area contributed by atoms with Gasteiger partial charge < -0.3 is 9.88 Å². The summed E-state index contributed by atoms with van der Waals surface area (Å²) in [4.78, 5) is 4.79. The molecule has 0 aliphatic carbocycles. The number of likely N-dealkylation sites (N-methyl/N-ethyl adjacent to an activating group) is 1. The van der Waals surface area contributed by atoms with E-state index in [9.17, 15) is 0 Å². The van der Waals surface area contributed by atoms with Crippen molar-refractivity contribution in [3.05, 3.63) is 29.6 Å². The summed E-state index contributed by atoms with van der Waals surface area (Å²) in [6, 6.07) is 6.64. The van der Waals surface area contributed by atoms with Crippen LogP contribution in [0.4, 0.5) is 0 Å². The smallest absolute Gasteiger partial charge is 0.111 e. The molecule has 0 amide bonds. The fraction of sp³-hybridized carbons (Fsp3) is 0.533. The molecule has 0 spiro atoms. The maximum absolute atomic E-state index is 4.79. The number of hydrogen-bond acceptors (Lipinski definition) is 2. The van der Waals surface area contributed by atoms with Crippen LogP contribution >= 0.6 is 0 Å². The van der Waals surface area contributed by atoms with Crippen LogP contribution < -0.4 is 5.32 Å². The van der Waals surface area contributed by atoms with Gasteiger partial charge in [-0.05, 0) is 37.6 Å². The molecule has 18 heavy (non-hydrogen) atoms. The molecule has 3 heteroatoms. The average molecular weight is 245 g/mol. The summed E-state index contributed by atoms with van der Waals surface area (Å²) >= 11 is 0. The van der Waals surface area contributed by atoms with Crippen LogP contribution in [0.15, 0.2) is 18.2 Å². The van der Waals surface area contributed by atoms with Crippen molar-refractivity contribution >= 4 is 11.0 Å². The Hall–Kier alpha value is -1.35. The Bertz CT molecular complexity index is 514. The topological polar surface area (TPSA) is 29.9 Å². The molecule has 0 saturated carbocycles. The van der Waals surface area contributed by atoms with E-state index in [0.717, 1.165) is 38.0 Å². The predicted octanol–water partition coefficient (Wildman–Crippen LogP) is 2.77. The van der Waals surface area contributed by atoms with Crippen LogP contribution in [0.3, 0.4) is 0 Å². The maximum atomic E-state index is 4.79. The van der Waals surface area contributed by atoms with Gasteiger partial charge in [0.25, 0.3) is 0 Å². The fourth-order valence-corrected chi connectivity index (χ4v) is 2.37. The van der Waals surface area contributed by atoms with Gasteiger partial charge >= 0.3 is 0 Å². The highest BCUT2D eigenvalue weighted by Crippen LogP contribution is 2.18. The summed E-state index contributed by atoms with van der Waals surface area (Å²) in [6.07, 6.45) is 2.07. The van der Waals surface area contributed by atoms with Crippen LogP contribution in [-0.2, 0) is 19.4 Å². The number of rotatable bonds is 6. The van der Waals surface area contributed by atoms with Crippen molar-refractivity contribution < 1.29 is 0 Å². The lowest BCUT2D eigenvalue weighted by Crippen LogP contribution is -2.18. The first-order valence-corrected chi connectivity index (χ1v) is 6.98. The van der Waals surface area contributed by atoms with E-state index in [1.165, 1.54) is 16.9 Å². The van der Waals surface area contributed by atoms with Gasteiger partial charge in [-0.1, -0.05) is 19.9 Å². The minimum atomic E-state index is 0.990. The molecule has 98 valence electrons. The van der Waals surface area contributed by atoms with Crippen molar-refractivity contribution in [3.63, 3.8) is 0 Å². The van der Waals surface area contributed by atoms with Gasteiger partial charge in [0.05, 0.1) is 11.0 Å². The molecular weight excluding hydrogens is 222 g/mol. The van der Waals surface area contributed by atoms with Gasteiger partial charge in [0.15, 0.2) is 0 Å². The molecule has 1 heterocycles. The molecule has 0 aliphatic heterocycles. The van der Waals surface area contributed by atoms with Gasteiger partial charge in [-0.25, -0.2) is 4.98 Å². The lowest BCUT2D eigenvalue weighted by atomic mass is 10.1. The summed E-state index contributed by atoms with van der Waals surface area (Å²) in [5, 5.41) is 3.36. The second-order valence-electron chi connectivity index (χ2n) is 4.55. The molecule has 3 nitrogen and oxygen atoms in total. The van der Waals surface area contributed by atoms with Gasteiger partial charge in [-0.2, -0.15) is 0 Å². The highest BCUT2D eigenvalue weighted by molar-refractivity contribution is 5.77. The third-order valence-corrected chi connectivity index (χ3v) is 3.39. The number of benzene rings is 1. The summed E-state index contributed by atoms with van der Waals surface area (Å²) in [6.45, 7) is 9.52. The Kier molecular flexibility index (Phi) is 4.37. The normalized spacial score (nSPS) is 11.3. The second-order valence-corrected chi connectivity index (χ2v) is 4.55. The standard InChI is InChI=1S/C15H23N3/c1-4-12-7-8-14-13(11-12)17-15(18(14)6-3)9-10-16-5-2/h7-8,11,16H,4-6,9-10H2,1-3H3. The molecule has 1 aromatic carbocycles. The number of hydrogen-bond donors (Lipinski definition) is 1. The van der Waals surface area contributed by atoms with E-state index in [1.807, 2.05) is 0 Å². The van der Waals surface area contributed by atoms with E-state index in [1.54, 1.807) is 0 Å². The molecule has 1 aromatic heterocycles. The molecule has 0 unspecified atom stereocenters. The summed E-state index contributed by atoms with van der Waals surface area (Å²) in [5.74, 6) is 1.20. The largest absolute Gasteiger partial charge is 0.328 e. The van der Waals surface area contributed by atoms with E-state index in [-0.39, 0.29) is 0 Å². The first-order valence-electron chi connectivity index (χ1n) is 6.98.